The van der Waals surface area contributed by atoms with Crippen LogP contribution in [0.1, 0.15) is 10.4 Å². The van der Waals surface area contributed by atoms with Gasteiger partial charge < -0.3 is 4.90 Å². The summed E-state index contributed by atoms with van der Waals surface area (Å²) in [5, 5.41) is 11.0. The number of amides is 1. The first kappa shape index (κ1) is 15.2. The molecular formula is C13H13ClN4O3. The maximum Gasteiger partial charge on any atom is 0.300 e. The molecule has 0 bridgehead atoms. The van der Waals surface area contributed by atoms with E-state index in [2.05, 4.69) is 10.9 Å². The quantitative estimate of drug-likeness (QED) is 0.361. The molecule has 0 atom stereocenters. The Kier molecular flexibility index (Phi) is 4.73. The molecule has 0 aliphatic carbocycles. The molecule has 110 valence electrons. The number of carbonyl (C=O) groups excluding carboxylic acids is 1. The van der Waals surface area contributed by atoms with Crippen LogP contribution in [0.3, 0.4) is 0 Å². The molecule has 1 aliphatic rings. The summed E-state index contributed by atoms with van der Waals surface area (Å²) in [5.74, 6) is 2.14. The zero-order valence-corrected chi connectivity index (χ0v) is 11.9. The first-order valence-corrected chi connectivity index (χ1v) is 6.65. The minimum absolute atomic E-state index is 0.0367. The van der Waals surface area contributed by atoms with Crippen LogP contribution in [-0.4, -0.2) is 58.3 Å². The highest BCUT2D eigenvalue weighted by molar-refractivity contribution is 6.29. The van der Waals surface area contributed by atoms with Crippen molar-refractivity contribution >= 4 is 23.2 Å². The number of hydrogen-bond acceptors (Lipinski definition) is 5. The summed E-state index contributed by atoms with van der Waals surface area (Å²) in [4.78, 5) is 30.0. The Labute approximate surface area is 126 Å². The van der Waals surface area contributed by atoms with Gasteiger partial charge in [-0.25, -0.2) is 4.98 Å². The molecule has 2 rings (SSSR count). The van der Waals surface area contributed by atoms with E-state index in [9.17, 15) is 14.9 Å². The van der Waals surface area contributed by atoms with Crippen LogP contribution in [0.2, 0.25) is 5.15 Å². The van der Waals surface area contributed by atoms with Crippen LogP contribution in [-0.2, 0) is 0 Å². The molecule has 1 aromatic rings. The summed E-state index contributed by atoms with van der Waals surface area (Å²) in [7, 11) is 0. The van der Waals surface area contributed by atoms with Crippen molar-refractivity contribution < 1.29 is 9.72 Å². The van der Waals surface area contributed by atoms with Crippen molar-refractivity contribution in [2.24, 2.45) is 0 Å². The molecule has 1 aliphatic heterocycles. The van der Waals surface area contributed by atoms with E-state index in [-0.39, 0.29) is 16.4 Å². The minimum atomic E-state index is -0.634. The second kappa shape index (κ2) is 6.52. The highest BCUT2D eigenvalue weighted by atomic mass is 35.5. The van der Waals surface area contributed by atoms with E-state index in [1.807, 2.05) is 4.90 Å². The molecule has 2 heterocycles. The van der Waals surface area contributed by atoms with Gasteiger partial charge in [0.15, 0.2) is 0 Å². The maximum absolute atomic E-state index is 12.4. The van der Waals surface area contributed by atoms with Crippen molar-refractivity contribution in [1.82, 2.24) is 14.8 Å². The Hall–Kier alpha value is -2.17. The van der Waals surface area contributed by atoms with E-state index in [4.69, 9.17) is 18.0 Å². The van der Waals surface area contributed by atoms with Crippen molar-refractivity contribution in [1.29, 1.82) is 0 Å². The molecule has 7 nitrogen and oxygen atoms in total. The molecule has 1 aromatic heterocycles. The van der Waals surface area contributed by atoms with Crippen LogP contribution >= 0.6 is 11.6 Å². The summed E-state index contributed by atoms with van der Waals surface area (Å²) in [5.41, 5.74) is -0.374. The van der Waals surface area contributed by atoms with Crippen LogP contribution < -0.4 is 0 Å². The monoisotopic (exact) mass is 308 g/mol. The number of pyridine rings is 1. The molecule has 0 unspecified atom stereocenters. The van der Waals surface area contributed by atoms with E-state index in [1.165, 1.54) is 6.07 Å². The molecule has 0 radical (unpaired) electrons. The fraction of sp³-hybridized carbons (Fsp3) is 0.385. The van der Waals surface area contributed by atoms with Crippen LogP contribution in [0.15, 0.2) is 12.3 Å². The predicted octanol–water partition coefficient (Wildman–Crippen LogP) is 1.03. The lowest BCUT2D eigenvalue weighted by atomic mass is 10.2. The van der Waals surface area contributed by atoms with Gasteiger partial charge in [0.1, 0.15) is 16.9 Å². The van der Waals surface area contributed by atoms with Gasteiger partial charge in [-0.15, -0.1) is 6.42 Å². The van der Waals surface area contributed by atoms with Crippen molar-refractivity contribution in [3.05, 3.63) is 33.1 Å². The van der Waals surface area contributed by atoms with Gasteiger partial charge in [0.05, 0.1) is 11.5 Å². The average Bonchev–Trinajstić information content (AvgIpc) is 2.47. The van der Waals surface area contributed by atoms with Crippen molar-refractivity contribution in [3.63, 3.8) is 0 Å². The molecule has 21 heavy (non-hydrogen) atoms. The first-order valence-electron chi connectivity index (χ1n) is 6.28. The molecular weight excluding hydrogens is 296 g/mol. The zero-order chi connectivity index (χ0) is 15.4. The van der Waals surface area contributed by atoms with E-state index in [1.54, 1.807) is 4.90 Å². The fourth-order valence-electron chi connectivity index (χ4n) is 2.15. The molecule has 0 saturated carbocycles. The van der Waals surface area contributed by atoms with Crippen LogP contribution in [0.4, 0.5) is 5.69 Å². The van der Waals surface area contributed by atoms with Crippen molar-refractivity contribution in [2.75, 3.05) is 32.7 Å². The second-order valence-electron chi connectivity index (χ2n) is 4.55. The number of nitrogens with zero attached hydrogens (tertiary/aromatic N) is 4. The predicted molar refractivity (Wildman–Crippen MR) is 77.1 cm³/mol. The smallest absolute Gasteiger partial charge is 0.300 e. The lowest BCUT2D eigenvalue weighted by Crippen LogP contribution is -2.48. The van der Waals surface area contributed by atoms with E-state index >= 15 is 0 Å². The van der Waals surface area contributed by atoms with Gasteiger partial charge >= 0.3 is 0 Å². The van der Waals surface area contributed by atoms with E-state index in [0.29, 0.717) is 32.7 Å². The number of hydrogen-bond donors (Lipinski definition) is 0. The normalized spacial score (nSPS) is 15.5. The summed E-state index contributed by atoms with van der Waals surface area (Å²) < 4.78 is 0. The Morgan fingerprint density at radius 3 is 2.71 bits per heavy atom. The van der Waals surface area contributed by atoms with Crippen LogP contribution in [0, 0.1) is 22.5 Å². The molecule has 0 aromatic carbocycles. The van der Waals surface area contributed by atoms with Crippen LogP contribution in [0.5, 0.6) is 0 Å². The average molecular weight is 309 g/mol. The molecule has 1 saturated heterocycles. The van der Waals surface area contributed by atoms with E-state index in [0.717, 1.165) is 6.20 Å². The third-order valence-corrected chi connectivity index (χ3v) is 3.46. The Morgan fingerprint density at radius 1 is 1.48 bits per heavy atom. The standard InChI is InChI=1S/C13H13ClN4O3/c1-2-3-16-4-6-17(7-5-16)13(19)10-8-12(14)15-9-11(10)18(20)21/h1,8-9H,3-7H2. The topological polar surface area (TPSA) is 79.6 Å². The van der Waals surface area contributed by atoms with Gasteiger partial charge in [0.25, 0.3) is 11.6 Å². The fourth-order valence-corrected chi connectivity index (χ4v) is 2.31. The highest BCUT2D eigenvalue weighted by Crippen LogP contribution is 2.22. The van der Waals surface area contributed by atoms with Crippen molar-refractivity contribution in [2.45, 2.75) is 0 Å². The number of nitro groups is 1. The lowest BCUT2D eigenvalue weighted by molar-refractivity contribution is -0.385. The SMILES string of the molecule is C#CCN1CCN(C(=O)c2cc(Cl)ncc2[N+](=O)[O-])CC1. The highest BCUT2D eigenvalue weighted by Gasteiger charge is 2.28. The van der Waals surface area contributed by atoms with Gasteiger partial charge in [-0.3, -0.25) is 19.8 Å². The lowest BCUT2D eigenvalue weighted by Gasteiger charge is -2.33. The third kappa shape index (κ3) is 3.48. The van der Waals surface area contributed by atoms with Crippen molar-refractivity contribution in [3.8, 4) is 12.3 Å². The summed E-state index contributed by atoms with van der Waals surface area (Å²) in [6.07, 6.45) is 6.25. The summed E-state index contributed by atoms with van der Waals surface area (Å²) >= 11 is 5.73. The van der Waals surface area contributed by atoms with Gasteiger partial charge in [-0.05, 0) is 6.07 Å². The Balaban J connectivity index is 2.16. The Morgan fingerprint density at radius 2 is 2.14 bits per heavy atom. The molecule has 8 heteroatoms. The third-order valence-electron chi connectivity index (χ3n) is 3.25. The number of piperazine rings is 1. The van der Waals surface area contributed by atoms with Gasteiger partial charge in [-0.2, -0.15) is 0 Å². The molecule has 1 amide bonds. The largest absolute Gasteiger partial charge is 0.336 e. The first-order chi connectivity index (χ1) is 10.0. The number of carbonyl (C=O) groups is 1. The second-order valence-corrected chi connectivity index (χ2v) is 4.94. The van der Waals surface area contributed by atoms with Gasteiger partial charge in [0.2, 0.25) is 0 Å². The summed E-state index contributed by atoms with van der Waals surface area (Å²) in [6, 6.07) is 1.23. The Bertz CT molecular complexity index is 606. The maximum atomic E-state index is 12.4. The molecule has 0 spiro atoms. The van der Waals surface area contributed by atoms with Gasteiger partial charge in [-0.1, -0.05) is 17.5 Å². The number of rotatable bonds is 3. The molecule has 0 N–H and O–H groups in total. The number of halogens is 1. The number of terminal acetylenes is 1. The molecule has 1 fully saturated rings. The summed E-state index contributed by atoms with van der Waals surface area (Å²) in [6.45, 7) is 2.75. The van der Waals surface area contributed by atoms with Crippen LogP contribution in [0.25, 0.3) is 0 Å². The van der Waals surface area contributed by atoms with E-state index < -0.39 is 10.8 Å². The number of aromatic nitrogens is 1. The minimum Gasteiger partial charge on any atom is -0.336 e. The van der Waals surface area contributed by atoms with Gasteiger partial charge in [0, 0.05) is 26.2 Å². The zero-order valence-electron chi connectivity index (χ0n) is 11.2.